The fourth-order valence-electron chi connectivity index (χ4n) is 7.81. The zero-order chi connectivity index (χ0) is 34.1. The van der Waals surface area contributed by atoms with Gasteiger partial charge in [-0.3, -0.25) is 19.2 Å². The number of cyclic esters (lactones) is 1. The smallest absolute Gasteiger partial charge is 0.313 e. The molecule has 0 aromatic heterocycles. The molecule has 0 radical (unpaired) electrons. The van der Waals surface area contributed by atoms with Gasteiger partial charge in [0.05, 0.1) is 31.3 Å². The van der Waals surface area contributed by atoms with Gasteiger partial charge in [0.15, 0.2) is 0 Å². The van der Waals surface area contributed by atoms with E-state index in [0.717, 1.165) is 10.8 Å². The zero-order valence-corrected chi connectivity index (χ0v) is 27.1. The lowest BCUT2D eigenvalue weighted by Gasteiger charge is -2.35. The molecule has 0 unspecified atom stereocenters. The number of methoxy groups -OCH3 is 1. The van der Waals surface area contributed by atoms with E-state index in [1.807, 2.05) is 66.7 Å². The van der Waals surface area contributed by atoms with Gasteiger partial charge >= 0.3 is 5.97 Å². The van der Waals surface area contributed by atoms with E-state index >= 15 is 0 Å². The van der Waals surface area contributed by atoms with Gasteiger partial charge in [-0.15, -0.1) is 0 Å². The van der Waals surface area contributed by atoms with Gasteiger partial charge in [-0.25, -0.2) is 0 Å². The van der Waals surface area contributed by atoms with Crippen LogP contribution in [0.5, 0.6) is 0 Å². The molecule has 4 aliphatic heterocycles. The monoisotopic (exact) mass is 665 g/mol. The molecule has 11 heteroatoms. The predicted octanol–water partition coefficient (Wildman–Crippen LogP) is 3.08. The maximum Gasteiger partial charge on any atom is 0.313 e. The topological polar surface area (TPSA) is 135 Å². The first-order chi connectivity index (χ1) is 23.9. The van der Waals surface area contributed by atoms with E-state index < -0.39 is 53.6 Å². The summed E-state index contributed by atoms with van der Waals surface area (Å²) in [5.41, 5.74) is -0.221. The number of benzene rings is 3. The molecular weight excluding hydrogens is 626 g/mol. The lowest BCUT2D eigenvalue weighted by atomic mass is 9.77. The van der Waals surface area contributed by atoms with Gasteiger partial charge in [0.1, 0.15) is 23.7 Å². The number of aliphatic hydroxyl groups excluding tert-OH is 1. The molecule has 1 spiro atoms. The Bertz CT molecular complexity index is 1810. The molecule has 3 aromatic rings. The van der Waals surface area contributed by atoms with E-state index in [4.69, 9.17) is 14.2 Å². The average molecular weight is 666 g/mol. The number of carbonyl (C=O) groups excluding carboxylic acids is 4. The van der Waals surface area contributed by atoms with Crippen LogP contribution >= 0.6 is 0 Å². The number of carbonyl (C=O) groups is 4. The van der Waals surface area contributed by atoms with Gasteiger partial charge < -0.3 is 34.4 Å². The van der Waals surface area contributed by atoms with Crippen molar-refractivity contribution in [3.05, 3.63) is 103 Å². The van der Waals surface area contributed by atoms with Crippen molar-refractivity contribution in [1.82, 2.24) is 10.2 Å². The minimum absolute atomic E-state index is 0.0690. The number of fused-ring (bicyclic) bond motifs is 3. The Morgan fingerprint density at radius 3 is 2.51 bits per heavy atom. The van der Waals surface area contributed by atoms with Crippen LogP contribution in [0.25, 0.3) is 10.8 Å². The summed E-state index contributed by atoms with van der Waals surface area (Å²) in [4.78, 5) is 59.6. The Kier molecular flexibility index (Phi) is 9.06. The maximum absolute atomic E-state index is 14.7. The van der Waals surface area contributed by atoms with Crippen LogP contribution < -0.4 is 10.2 Å². The molecule has 49 heavy (non-hydrogen) atoms. The summed E-state index contributed by atoms with van der Waals surface area (Å²) >= 11 is 0. The molecule has 7 rings (SSSR count). The van der Waals surface area contributed by atoms with Crippen LogP contribution in [-0.2, 0) is 33.4 Å². The van der Waals surface area contributed by atoms with E-state index in [-0.39, 0.29) is 44.5 Å². The Morgan fingerprint density at radius 1 is 0.959 bits per heavy atom. The van der Waals surface area contributed by atoms with Crippen molar-refractivity contribution < 1.29 is 38.5 Å². The minimum atomic E-state index is -1.52. The third-order valence-electron chi connectivity index (χ3n) is 9.94. The number of anilines is 1. The second kappa shape index (κ2) is 13.6. The summed E-state index contributed by atoms with van der Waals surface area (Å²) in [5, 5.41) is 15.0. The van der Waals surface area contributed by atoms with E-state index in [9.17, 15) is 24.3 Å². The molecule has 3 amide bonds. The van der Waals surface area contributed by atoms with Crippen LogP contribution in [0.3, 0.4) is 0 Å². The summed E-state index contributed by atoms with van der Waals surface area (Å²) in [6.07, 6.45) is 5.68. The van der Waals surface area contributed by atoms with E-state index in [2.05, 4.69) is 5.32 Å². The minimum Gasteiger partial charge on any atom is -0.455 e. The number of ether oxygens (including phenoxy) is 3. The van der Waals surface area contributed by atoms with Gasteiger partial charge in [0, 0.05) is 32.3 Å². The number of esters is 1. The number of nitrogens with one attached hydrogen (secondary N) is 1. The van der Waals surface area contributed by atoms with E-state index in [0.29, 0.717) is 17.7 Å². The third kappa shape index (κ3) is 5.81. The highest BCUT2D eigenvalue weighted by atomic mass is 16.6. The Balaban J connectivity index is 1.30. The van der Waals surface area contributed by atoms with Crippen LogP contribution in [0.1, 0.15) is 24.5 Å². The highest BCUT2D eigenvalue weighted by Crippen LogP contribution is 2.53. The van der Waals surface area contributed by atoms with Gasteiger partial charge in [-0.05, 0) is 34.9 Å². The molecular formula is C38H39N3O8. The lowest BCUT2D eigenvalue weighted by molar-refractivity contribution is -0.162. The molecule has 4 aliphatic rings. The molecule has 0 saturated carbocycles. The average Bonchev–Trinajstić information content (AvgIpc) is 3.49. The van der Waals surface area contributed by atoms with E-state index in [1.54, 1.807) is 35.3 Å². The fourth-order valence-corrected chi connectivity index (χ4v) is 7.81. The van der Waals surface area contributed by atoms with Crippen molar-refractivity contribution in [2.24, 2.45) is 11.8 Å². The summed E-state index contributed by atoms with van der Waals surface area (Å²) < 4.78 is 18.5. The lowest BCUT2D eigenvalue weighted by Crippen LogP contribution is -2.55. The van der Waals surface area contributed by atoms with Crippen molar-refractivity contribution in [2.75, 3.05) is 38.3 Å². The molecule has 2 saturated heterocycles. The number of nitrogens with zero attached hydrogens (tertiary/aromatic N) is 2. The highest BCUT2D eigenvalue weighted by molar-refractivity contribution is 6.06. The fraction of sp³-hybridized carbons (Fsp3) is 0.368. The largest absolute Gasteiger partial charge is 0.455 e. The molecule has 0 bridgehead atoms. The van der Waals surface area contributed by atoms with Gasteiger partial charge in [-0.1, -0.05) is 85.0 Å². The van der Waals surface area contributed by atoms with Crippen LogP contribution in [0.2, 0.25) is 0 Å². The van der Waals surface area contributed by atoms with Crippen molar-refractivity contribution in [1.29, 1.82) is 0 Å². The van der Waals surface area contributed by atoms with Crippen LogP contribution in [0.15, 0.2) is 97.1 Å². The number of β-amino-alcohol motifs (C(OH)–C–C–N with tert-alkyl or cyclic N) is 1. The second-order valence-corrected chi connectivity index (χ2v) is 12.8. The Morgan fingerprint density at radius 2 is 1.73 bits per heavy atom. The molecule has 11 nitrogen and oxygen atoms in total. The summed E-state index contributed by atoms with van der Waals surface area (Å²) in [6, 6.07) is 20.8. The summed E-state index contributed by atoms with van der Waals surface area (Å²) in [5.74, 6) is -4.01. The number of aliphatic hydroxyl groups is 1. The van der Waals surface area contributed by atoms with Gasteiger partial charge in [-0.2, -0.15) is 0 Å². The Labute approximate surface area is 284 Å². The molecule has 0 aliphatic carbocycles. The summed E-state index contributed by atoms with van der Waals surface area (Å²) in [6.45, 7) is -0.220. The molecule has 2 N–H and O–H groups in total. The number of hydrogen-bond donors (Lipinski definition) is 2. The first-order valence-corrected chi connectivity index (χ1v) is 16.6. The molecule has 4 heterocycles. The first-order valence-electron chi connectivity index (χ1n) is 16.6. The standard InChI is InChI=1S/C38H39N3O8/c1-47-23-28-33(25-11-3-2-4-12-25)48-37(46)31-29(14-7-8-15-30(43)39-28)49-38-18-9-19-40(27-17-16-24-10-5-6-13-26(24)22-27)36(45)34(38)41(20-21-42)35(44)32(31)38/h2-7,9-14,16-18,22,28-29,31-34,42H,8,15,19-21,23H2,1H3,(H,39,43)/b14-7-/t28-,29-,31+,32+,33-,34-,38+/m0/s1. The van der Waals surface area contributed by atoms with Crippen LogP contribution in [-0.4, -0.2) is 90.9 Å². The molecule has 3 aromatic carbocycles. The quantitative estimate of drug-likeness (QED) is 0.303. The van der Waals surface area contributed by atoms with Crippen LogP contribution in [0.4, 0.5) is 5.69 Å². The number of allylic oxidation sites excluding steroid dienone is 1. The highest BCUT2D eigenvalue weighted by Gasteiger charge is 2.71. The molecule has 2 fully saturated rings. The summed E-state index contributed by atoms with van der Waals surface area (Å²) in [7, 11) is 1.50. The second-order valence-electron chi connectivity index (χ2n) is 12.8. The number of likely N-dealkylation sites (tertiary alicyclic amines) is 1. The number of rotatable bonds is 6. The predicted molar refractivity (Wildman–Crippen MR) is 180 cm³/mol. The molecule has 7 atom stereocenters. The normalized spacial score (nSPS) is 30.8. The van der Waals surface area contributed by atoms with E-state index in [1.165, 1.54) is 12.0 Å². The van der Waals surface area contributed by atoms with Crippen molar-refractivity contribution in [3.63, 3.8) is 0 Å². The SMILES string of the molecule is COC[C@@H]1NC(=O)CC/C=C\[C@@H]2O[C@@]34C=CCN(c5ccc6ccccc6c5)C(=O)[C@@H]3N(CCO)C(=O)[C@H]4[C@@H]2C(=O)O[C@H]1c1ccccc1. The van der Waals surface area contributed by atoms with Crippen molar-refractivity contribution in [2.45, 2.75) is 42.7 Å². The zero-order valence-electron chi connectivity index (χ0n) is 27.1. The van der Waals surface area contributed by atoms with Crippen molar-refractivity contribution in [3.8, 4) is 0 Å². The third-order valence-corrected chi connectivity index (χ3v) is 9.94. The first kappa shape index (κ1) is 32.7. The Hall–Kier alpha value is -4.84. The van der Waals surface area contributed by atoms with Crippen LogP contribution in [0, 0.1) is 11.8 Å². The maximum atomic E-state index is 14.7. The molecule has 254 valence electrons. The van der Waals surface area contributed by atoms with Crippen molar-refractivity contribution >= 4 is 40.2 Å². The van der Waals surface area contributed by atoms with Gasteiger partial charge in [0.2, 0.25) is 11.8 Å². The number of hydrogen-bond acceptors (Lipinski definition) is 8. The number of amides is 3. The van der Waals surface area contributed by atoms with Gasteiger partial charge in [0.25, 0.3) is 5.91 Å².